The van der Waals surface area contributed by atoms with E-state index in [1.165, 1.54) is 0 Å². The van der Waals surface area contributed by atoms with E-state index in [1.807, 2.05) is 34.9 Å². The summed E-state index contributed by atoms with van der Waals surface area (Å²) >= 11 is 6.05. The van der Waals surface area contributed by atoms with Gasteiger partial charge in [0.05, 0.1) is 16.7 Å². The Morgan fingerprint density at radius 3 is 2.85 bits per heavy atom. The average Bonchev–Trinajstić information content (AvgIpc) is 3.00. The predicted octanol–water partition coefficient (Wildman–Crippen LogP) is 2.99. The lowest BCUT2D eigenvalue weighted by Crippen LogP contribution is -2.00. The van der Waals surface area contributed by atoms with E-state index < -0.39 is 0 Å². The zero-order chi connectivity index (χ0) is 13.7. The molecule has 2 aromatic carbocycles. The van der Waals surface area contributed by atoms with Gasteiger partial charge in [-0.3, -0.25) is 4.57 Å². The molecule has 0 spiro atoms. The second-order valence-corrected chi connectivity index (χ2v) is 4.91. The van der Waals surface area contributed by atoms with Crippen LogP contribution >= 0.6 is 11.6 Å². The number of imidazole rings is 1. The minimum Gasteiger partial charge on any atom is -0.454 e. The highest BCUT2D eigenvalue weighted by molar-refractivity contribution is 6.31. The summed E-state index contributed by atoms with van der Waals surface area (Å²) in [5.41, 5.74) is 8.53. The largest absolute Gasteiger partial charge is 0.454 e. The van der Waals surface area contributed by atoms with Gasteiger partial charge in [-0.05, 0) is 30.3 Å². The van der Waals surface area contributed by atoms with Crippen molar-refractivity contribution in [1.29, 1.82) is 0 Å². The molecule has 0 unspecified atom stereocenters. The van der Waals surface area contributed by atoms with Crippen LogP contribution in [0.4, 0.5) is 5.95 Å². The normalized spacial score (nSPS) is 13.1. The fourth-order valence-corrected chi connectivity index (χ4v) is 2.53. The predicted molar refractivity (Wildman–Crippen MR) is 76.6 cm³/mol. The first kappa shape index (κ1) is 11.4. The van der Waals surface area contributed by atoms with Crippen LogP contribution in [-0.2, 0) is 0 Å². The first-order chi connectivity index (χ1) is 9.72. The summed E-state index contributed by atoms with van der Waals surface area (Å²) in [6.45, 7) is 0.241. The second-order valence-electron chi connectivity index (χ2n) is 4.48. The Hall–Kier alpha value is -2.40. The molecule has 0 atom stereocenters. The summed E-state index contributed by atoms with van der Waals surface area (Å²) in [6.07, 6.45) is 0. The Morgan fingerprint density at radius 1 is 1.10 bits per heavy atom. The van der Waals surface area contributed by atoms with E-state index in [1.54, 1.807) is 6.07 Å². The maximum Gasteiger partial charge on any atom is 0.231 e. The highest BCUT2D eigenvalue weighted by Gasteiger charge is 2.16. The molecule has 0 amide bonds. The number of ether oxygens (including phenoxy) is 2. The molecule has 4 rings (SSSR count). The first-order valence-corrected chi connectivity index (χ1v) is 6.44. The molecule has 3 aromatic rings. The number of anilines is 1. The van der Waals surface area contributed by atoms with Crippen LogP contribution in [0.3, 0.4) is 0 Å². The van der Waals surface area contributed by atoms with Crippen molar-refractivity contribution in [2.75, 3.05) is 12.5 Å². The Morgan fingerprint density at radius 2 is 1.95 bits per heavy atom. The Bertz CT molecular complexity index is 829. The number of nitrogens with two attached hydrogens (primary N) is 1. The maximum atomic E-state index is 6.05. The SMILES string of the molecule is Nc1nc2ccc(Cl)cc2n1-c1ccc2c(c1)OCO2. The number of rotatable bonds is 1. The Kier molecular flexibility index (Phi) is 2.31. The number of nitrogens with zero attached hydrogens (tertiary/aromatic N) is 2. The number of hydrogen-bond acceptors (Lipinski definition) is 4. The number of benzene rings is 2. The van der Waals surface area contributed by atoms with E-state index in [0.717, 1.165) is 22.5 Å². The van der Waals surface area contributed by atoms with Crippen LogP contribution in [0, 0.1) is 0 Å². The van der Waals surface area contributed by atoms with Crippen molar-refractivity contribution >= 4 is 28.6 Å². The van der Waals surface area contributed by atoms with Gasteiger partial charge in [0.25, 0.3) is 0 Å². The van der Waals surface area contributed by atoms with Crippen molar-refractivity contribution in [2.45, 2.75) is 0 Å². The monoisotopic (exact) mass is 287 g/mol. The zero-order valence-electron chi connectivity index (χ0n) is 10.3. The van der Waals surface area contributed by atoms with Crippen LogP contribution < -0.4 is 15.2 Å². The van der Waals surface area contributed by atoms with Gasteiger partial charge in [0.15, 0.2) is 11.5 Å². The van der Waals surface area contributed by atoms with E-state index in [9.17, 15) is 0 Å². The molecule has 0 saturated carbocycles. The van der Waals surface area contributed by atoms with Crippen molar-refractivity contribution < 1.29 is 9.47 Å². The number of aromatic nitrogens is 2. The van der Waals surface area contributed by atoms with Crippen molar-refractivity contribution in [2.24, 2.45) is 0 Å². The number of fused-ring (bicyclic) bond motifs is 2. The molecule has 20 heavy (non-hydrogen) atoms. The molecule has 6 heteroatoms. The molecular weight excluding hydrogens is 278 g/mol. The average molecular weight is 288 g/mol. The third-order valence-electron chi connectivity index (χ3n) is 3.26. The van der Waals surface area contributed by atoms with Gasteiger partial charge in [0.1, 0.15) is 0 Å². The molecule has 1 aliphatic heterocycles. The summed E-state index contributed by atoms with van der Waals surface area (Å²) < 4.78 is 12.5. The van der Waals surface area contributed by atoms with Crippen LogP contribution in [0.25, 0.3) is 16.7 Å². The van der Waals surface area contributed by atoms with E-state index >= 15 is 0 Å². The van der Waals surface area contributed by atoms with Crippen molar-refractivity contribution in [3.05, 3.63) is 41.4 Å². The smallest absolute Gasteiger partial charge is 0.231 e. The molecule has 0 aliphatic carbocycles. The van der Waals surface area contributed by atoms with E-state index in [-0.39, 0.29) is 6.79 Å². The van der Waals surface area contributed by atoms with Gasteiger partial charge in [-0.2, -0.15) is 0 Å². The summed E-state index contributed by atoms with van der Waals surface area (Å²) in [5.74, 6) is 1.83. The molecule has 2 N–H and O–H groups in total. The van der Waals surface area contributed by atoms with Gasteiger partial charge < -0.3 is 15.2 Å². The molecule has 1 aromatic heterocycles. The van der Waals surface area contributed by atoms with Crippen LogP contribution in [0.1, 0.15) is 0 Å². The maximum absolute atomic E-state index is 6.05. The van der Waals surface area contributed by atoms with E-state index in [2.05, 4.69) is 4.98 Å². The van der Waals surface area contributed by atoms with Crippen LogP contribution in [0.2, 0.25) is 5.02 Å². The molecule has 1 aliphatic rings. The highest BCUT2D eigenvalue weighted by Crippen LogP contribution is 2.35. The van der Waals surface area contributed by atoms with Crippen LogP contribution in [-0.4, -0.2) is 16.3 Å². The summed E-state index contributed by atoms with van der Waals surface area (Å²) in [4.78, 5) is 4.33. The lowest BCUT2D eigenvalue weighted by molar-refractivity contribution is 0.174. The quantitative estimate of drug-likeness (QED) is 0.747. The number of nitrogen functional groups attached to an aromatic ring is 1. The van der Waals surface area contributed by atoms with E-state index in [0.29, 0.717) is 16.7 Å². The minimum absolute atomic E-state index is 0.241. The molecule has 0 radical (unpaired) electrons. The highest BCUT2D eigenvalue weighted by atomic mass is 35.5. The zero-order valence-corrected chi connectivity index (χ0v) is 11.1. The molecular formula is C14H10ClN3O2. The molecule has 2 heterocycles. The third-order valence-corrected chi connectivity index (χ3v) is 3.49. The van der Waals surface area contributed by atoms with Crippen LogP contribution in [0.5, 0.6) is 11.5 Å². The molecule has 100 valence electrons. The fourth-order valence-electron chi connectivity index (χ4n) is 2.36. The number of halogens is 1. The Balaban J connectivity index is 1.97. The molecule has 0 fully saturated rings. The standard InChI is InChI=1S/C14H10ClN3O2/c15-8-1-3-10-11(5-8)18(14(16)17-10)9-2-4-12-13(6-9)20-7-19-12/h1-6H,7H2,(H2,16,17). The summed E-state index contributed by atoms with van der Waals surface area (Å²) in [6, 6.07) is 11.1. The minimum atomic E-state index is 0.241. The topological polar surface area (TPSA) is 62.3 Å². The van der Waals surface area contributed by atoms with Gasteiger partial charge in [-0.25, -0.2) is 4.98 Å². The van der Waals surface area contributed by atoms with Crippen molar-refractivity contribution in [3.8, 4) is 17.2 Å². The van der Waals surface area contributed by atoms with Gasteiger partial charge in [-0.1, -0.05) is 11.6 Å². The summed E-state index contributed by atoms with van der Waals surface area (Å²) in [5, 5.41) is 0.638. The molecule has 0 saturated heterocycles. The second kappa shape index (κ2) is 4.05. The van der Waals surface area contributed by atoms with Gasteiger partial charge in [-0.15, -0.1) is 0 Å². The molecule has 0 bridgehead atoms. The van der Waals surface area contributed by atoms with Crippen molar-refractivity contribution in [3.63, 3.8) is 0 Å². The fraction of sp³-hybridized carbons (Fsp3) is 0.0714. The third kappa shape index (κ3) is 1.60. The first-order valence-electron chi connectivity index (χ1n) is 6.06. The Labute approximate surface area is 119 Å². The van der Waals surface area contributed by atoms with Gasteiger partial charge in [0, 0.05) is 11.1 Å². The molecule has 5 nitrogen and oxygen atoms in total. The number of hydrogen-bond donors (Lipinski definition) is 1. The van der Waals surface area contributed by atoms with Gasteiger partial charge in [0.2, 0.25) is 12.7 Å². The summed E-state index contributed by atoms with van der Waals surface area (Å²) in [7, 11) is 0. The van der Waals surface area contributed by atoms with Gasteiger partial charge >= 0.3 is 0 Å². The van der Waals surface area contributed by atoms with E-state index in [4.69, 9.17) is 26.8 Å². The van der Waals surface area contributed by atoms with Crippen LogP contribution in [0.15, 0.2) is 36.4 Å². The lowest BCUT2D eigenvalue weighted by atomic mass is 10.2. The van der Waals surface area contributed by atoms with Crippen molar-refractivity contribution in [1.82, 2.24) is 9.55 Å². The lowest BCUT2D eigenvalue weighted by Gasteiger charge is -2.07.